The lowest BCUT2D eigenvalue weighted by Gasteiger charge is -2.10. The first kappa shape index (κ1) is 11.7. The SMILES string of the molecule is Cc1ccc(C)c(Oc2nc(Cl)ccc2N)c1. The first-order valence-electron chi connectivity index (χ1n) is 5.23. The number of nitrogens with two attached hydrogens (primary N) is 1. The highest BCUT2D eigenvalue weighted by atomic mass is 35.5. The van der Waals surface area contributed by atoms with Gasteiger partial charge in [0.1, 0.15) is 10.9 Å². The van der Waals surface area contributed by atoms with E-state index >= 15 is 0 Å². The van der Waals surface area contributed by atoms with Crippen molar-refractivity contribution in [2.45, 2.75) is 13.8 Å². The Morgan fingerprint density at radius 1 is 1.18 bits per heavy atom. The first-order chi connectivity index (χ1) is 8.06. The van der Waals surface area contributed by atoms with Gasteiger partial charge in [-0.3, -0.25) is 0 Å². The fraction of sp³-hybridized carbons (Fsp3) is 0.154. The van der Waals surface area contributed by atoms with Gasteiger partial charge in [0.05, 0.1) is 5.69 Å². The monoisotopic (exact) mass is 248 g/mol. The van der Waals surface area contributed by atoms with Crippen LogP contribution in [0.25, 0.3) is 0 Å². The van der Waals surface area contributed by atoms with E-state index in [0.717, 1.165) is 16.9 Å². The molecule has 2 rings (SSSR count). The van der Waals surface area contributed by atoms with Gasteiger partial charge in [0, 0.05) is 0 Å². The van der Waals surface area contributed by atoms with E-state index < -0.39 is 0 Å². The van der Waals surface area contributed by atoms with Crippen LogP contribution in [0.4, 0.5) is 5.69 Å². The molecule has 0 saturated carbocycles. The summed E-state index contributed by atoms with van der Waals surface area (Å²) in [4.78, 5) is 4.06. The summed E-state index contributed by atoms with van der Waals surface area (Å²) in [7, 11) is 0. The minimum absolute atomic E-state index is 0.339. The molecule has 17 heavy (non-hydrogen) atoms. The molecule has 2 aromatic rings. The number of halogens is 1. The molecule has 0 unspecified atom stereocenters. The van der Waals surface area contributed by atoms with Gasteiger partial charge in [-0.2, -0.15) is 4.98 Å². The van der Waals surface area contributed by atoms with Crippen LogP contribution in [-0.2, 0) is 0 Å². The standard InChI is InChI=1S/C13H13ClN2O/c1-8-3-4-9(2)11(7-8)17-13-10(15)5-6-12(14)16-13/h3-7H,15H2,1-2H3. The number of hydrogen-bond acceptors (Lipinski definition) is 3. The third-order valence-corrected chi connectivity index (χ3v) is 2.62. The molecule has 0 aliphatic carbocycles. The van der Waals surface area contributed by atoms with E-state index in [1.54, 1.807) is 12.1 Å². The van der Waals surface area contributed by atoms with E-state index in [1.807, 2.05) is 32.0 Å². The Bertz CT molecular complexity index is 506. The lowest BCUT2D eigenvalue weighted by molar-refractivity contribution is 0.462. The molecule has 0 aliphatic rings. The highest BCUT2D eigenvalue weighted by Gasteiger charge is 2.07. The fourth-order valence-electron chi connectivity index (χ4n) is 1.43. The molecule has 0 bridgehead atoms. The predicted molar refractivity (Wildman–Crippen MR) is 69.6 cm³/mol. The normalized spacial score (nSPS) is 10.3. The fourth-order valence-corrected chi connectivity index (χ4v) is 1.57. The third kappa shape index (κ3) is 2.68. The molecule has 1 heterocycles. The Labute approximate surface area is 105 Å². The first-order valence-corrected chi connectivity index (χ1v) is 5.61. The quantitative estimate of drug-likeness (QED) is 0.824. The highest BCUT2D eigenvalue weighted by molar-refractivity contribution is 6.29. The van der Waals surface area contributed by atoms with Crippen LogP contribution in [0, 0.1) is 13.8 Å². The molecule has 0 saturated heterocycles. The van der Waals surface area contributed by atoms with E-state index in [1.165, 1.54) is 0 Å². The van der Waals surface area contributed by atoms with Gasteiger partial charge in [-0.1, -0.05) is 23.7 Å². The second kappa shape index (κ2) is 4.63. The Balaban J connectivity index is 2.37. The molecule has 0 amide bonds. The minimum Gasteiger partial charge on any atom is -0.437 e. The van der Waals surface area contributed by atoms with Crippen LogP contribution in [0.5, 0.6) is 11.6 Å². The number of hydrogen-bond donors (Lipinski definition) is 1. The van der Waals surface area contributed by atoms with Crippen LogP contribution in [-0.4, -0.2) is 4.98 Å². The molecule has 2 N–H and O–H groups in total. The van der Waals surface area contributed by atoms with Gasteiger partial charge >= 0.3 is 0 Å². The van der Waals surface area contributed by atoms with E-state index in [9.17, 15) is 0 Å². The summed E-state index contributed by atoms with van der Waals surface area (Å²) in [5.74, 6) is 1.08. The second-order valence-electron chi connectivity index (χ2n) is 3.90. The molecule has 4 heteroatoms. The number of ether oxygens (including phenoxy) is 1. The number of anilines is 1. The van der Waals surface area contributed by atoms with Crippen molar-refractivity contribution >= 4 is 17.3 Å². The van der Waals surface area contributed by atoms with Crippen molar-refractivity contribution < 1.29 is 4.74 Å². The zero-order valence-corrected chi connectivity index (χ0v) is 10.5. The van der Waals surface area contributed by atoms with Gasteiger partial charge < -0.3 is 10.5 Å². The number of aromatic nitrogens is 1. The van der Waals surface area contributed by atoms with Crippen LogP contribution < -0.4 is 10.5 Å². The van der Waals surface area contributed by atoms with Gasteiger partial charge in [-0.15, -0.1) is 0 Å². The number of aryl methyl sites for hydroxylation is 2. The molecule has 0 atom stereocenters. The molecule has 1 aromatic carbocycles. The average Bonchev–Trinajstić information content (AvgIpc) is 2.28. The summed E-state index contributed by atoms with van der Waals surface area (Å²) in [5, 5.41) is 0.361. The summed E-state index contributed by atoms with van der Waals surface area (Å²) < 4.78 is 5.68. The summed E-state index contributed by atoms with van der Waals surface area (Å²) in [6.07, 6.45) is 0. The highest BCUT2D eigenvalue weighted by Crippen LogP contribution is 2.29. The van der Waals surface area contributed by atoms with Crippen molar-refractivity contribution in [3.8, 4) is 11.6 Å². The number of nitrogen functional groups attached to an aromatic ring is 1. The topological polar surface area (TPSA) is 48.1 Å². The largest absolute Gasteiger partial charge is 0.437 e. The molecule has 0 fully saturated rings. The van der Waals surface area contributed by atoms with Gasteiger partial charge in [0.15, 0.2) is 0 Å². The zero-order valence-electron chi connectivity index (χ0n) is 9.70. The maximum atomic E-state index is 5.81. The van der Waals surface area contributed by atoms with E-state index in [2.05, 4.69) is 4.98 Å². The van der Waals surface area contributed by atoms with Crippen LogP contribution in [0.1, 0.15) is 11.1 Å². The lowest BCUT2D eigenvalue weighted by atomic mass is 10.1. The van der Waals surface area contributed by atoms with E-state index in [4.69, 9.17) is 22.1 Å². The molecular formula is C13H13ClN2O. The van der Waals surface area contributed by atoms with Crippen molar-refractivity contribution in [1.29, 1.82) is 0 Å². The van der Waals surface area contributed by atoms with Crippen LogP contribution in [0.3, 0.4) is 0 Å². The molecule has 0 spiro atoms. The molecule has 1 aromatic heterocycles. The molecule has 0 radical (unpaired) electrons. The Morgan fingerprint density at radius 3 is 2.71 bits per heavy atom. The number of nitrogens with zero attached hydrogens (tertiary/aromatic N) is 1. The van der Waals surface area contributed by atoms with Gasteiger partial charge in [0.25, 0.3) is 0 Å². The molecule has 3 nitrogen and oxygen atoms in total. The predicted octanol–water partition coefficient (Wildman–Crippen LogP) is 3.73. The van der Waals surface area contributed by atoms with Crippen LogP contribution in [0.15, 0.2) is 30.3 Å². The van der Waals surface area contributed by atoms with E-state index in [0.29, 0.717) is 16.7 Å². The van der Waals surface area contributed by atoms with Gasteiger partial charge in [0.2, 0.25) is 5.88 Å². The van der Waals surface area contributed by atoms with Crippen LogP contribution >= 0.6 is 11.6 Å². The molecule has 0 aliphatic heterocycles. The lowest BCUT2D eigenvalue weighted by Crippen LogP contribution is -1.96. The second-order valence-corrected chi connectivity index (χ2v) is 4.29. The Kier molecular flexibility index (Phi) is 3.20. The number of benzene rings is 1. The van der Waals surface area contributed by atoms with Gasteiger partial charge in [-0.25, -0.2) is 0 Å². The average molecular weight is 249 g/mol. The smallest absolute Gasteiger partial charge is 0.244 e. The molecule has 88 valence electrons. The maximum absolute atomic E-state index is 5.81. The van der Waals surface area contributed by atoms with Crippen molar-refractivity contribution in [3.05, 3.63) is 46.6 Å². The van der Waals surface area contributed by atoms with Crippen molar-refractivity contribution in [2.24, 2.45) is 0 Å². The third-order valence-electron chi connectivity index (χ3n) is 2.41. The summed E-state index contributed by atoms with van der Waals surface area (Å²) in [6.45, 7) is 3.97. The number of rotatable bonds is 2. The maximum Gasteiger partial charge on any atom is 0.244 e. The minimum atomic E-state index is 0.339. The Hall–Kier alpha value is -1.74. The molecular weight excluding hydrogens is 236 g/mol. The van der Waals surface area contributed by atoms with Crippen molar-refractivity contribution in [2.75, 3.05) is 5.73 Å². The zero-order chi connectivity index (χ0) is 12.4. The summed E-state index contributed by atoms with van der Waals surface area (Å²) >= 11 is 5.81. The van der Waals surface area contributed by atoms with Gasteiger partial charge in [-0.05, 0) is 43.2 Å². The Morgan fingerprint density at radius 2 is 1.94 bits per heavy atom. The van der Waals surface area contributed by atoms with Crippen molar-refractivity contribution in [1.82, 2.24) is 4.98 Å². The summed E-state index contributed by atoms with van der Waals surface area (Å²) in [5.41, 5.74) is 8.39. The van der Waals surface area contributed by atoms with Crippen LogP contribution in [0.2, 0.25) is 5.15 Å². The summed E-state index contributed by atoms with van der Waals surface area (Å²) in [6, 6.07) is 9.27. The number of pyridine rings is 1. The van der Waals surface area contributed by atoms with E-state index in [-0.39, 0.29) is 0 Å². The van der Waals surface area contributed by atoms with Crippen molar-refractivity contribution in [3.63, 3.8) is 0 Å².